The van der Waals surface area contributed by atoms with Gasteiger partial charge in [0.25, 0.3) is 0 Å². The molecule has 2 N–H and O–H groups in total. The lowest BCUT2D eigenvalue weighted by atomic mass is 10.0. The number of carbonyl (C=O) groups excluding carboxylic acids is 2. The fourth-order valence-corrected chi connectivity index (χ4v) is 3.45. The highest BCUT2D eigenvalue weighted by molar-refractivity contribution is 5.95. The van der Waals surface area contributed by atoms with Crippen LogP contribution < -0.4 is 10.6 Å². The molecule has 0 fully saturated rings. The lowest BCUT2D eigenvalue weighted by molar-refractivity contribution is -0.146. The fourth-order valence-electron chi connectivity index (χ4n) is 3.45. The number of nitrogens with one attached hydrogen (secondary N) is 2. The second kappa shape index (κ2) is 8.82. The molecule has 0 unspecified atom stereocenters. The molecule has 1 heterocycles. The molecule has 1 aromatic heterocycles. The Labute approximate surface area is 170 Å². The van der Waals surface area contributed by atoms with E-state index in [1.165, 1.54) is 7.11 Å². The Kier molecular flexibility index (Phi) is 6.22. The molecule has 0 saturated carbocycles. The van der Waals surface area contributed by atoms with Crippen LogP contribution in [0.5, 0.6) is 0 Å². The van der Waals surface area contributed by atoms with E-state index in [1.807, 2.05) is 86.3 Å². The number of hydrogen-bond acceptors (Lipinski definition) is 4. The van der Waals surface area contributed by atoms with Crippen LogP contribution in [0.3, 0.4) is 0 Å². The molecule has 6 heteroatoms. The Bertz CT molecular complexity index is 995. The van der Waals surface area contributed by atoms with Gasteiger partial charge in [-0.05, 0) is 24.1 Å². The number of para-hydroxylation sites is 2. The molecule has 0 aliphatic carbocycles. The molecule has 1 amide bonds. The van der Waals surface area contributed by atoms with Crippen molar-refractivity contribution in [3.05, 3.63) is 66.4 Å². The zero-order valence-electron chi connectivity index (χ0n) is 17.2. The third-order valence-electron chi connectivity index (χ3n) is 5.01. The summed E-state index contributed by atoms with van der Waals surface area (Å²) in [6.45, 7) is 3.75. The smallest absolute Gasteiger partial charge is 0.328 e. The lowest BCUT2D eigenvalue weighted by Gasteiger charge is -2.24. The van der Waals surface area contributed by atoms with Crippen LogP contribution in [-0.2, 0) is 21.4 Å². The third kappa shape index (κ3) is 4.42. The van der Waals surface area contributed by atoms with Crippen molar-refractivity contribution in [2.45, 2.75) is 25.9 Å². The zero-order chi connectivity index (χ0) is 21.0. The highest BCUT2D eigenvalue weighted by Crippen LogP contribution is 2.29. The zero-order valence-corrected chi connectivity index (χ0v) is 17.2. The van der Waals surface area contributed by atoms with Gasteiger partial charge in [0.15, 0.2) is 0 Å². The first-order valence-corrected chi connectivity index (χ1v) is 9.66. The Balaban J connectivity index is 2.01. The summed E-state index contributed by atoms with van der Waals surface area (Å²) in [6.07, 6.45) is 1.95. The van der Waals surface area contributed by atoms with Crippen LogP contribution in [0.4, 0.5) is 5.69 Å². The summed E-state index contributed by atoms with van der Waals surface area (Å²) in [5.41, 5.74) is 2.69. The molecule has 0 radical (unpaired) electrons. The number of fused-ring (bicyclic) bond motifs is 1. The molecule has 29 heavy (non-hydrogen) atoms. The fraction of sp³-hybridized carbons (Fsp3) is 0.304. The van der Waals surface area contributed by atoms with Crippen LogP contribution in [0.25, 0.3) is 10.9 Å². The Morgan fingerprint density at radius 2 is 1.66 bits per heavy atom. The highest BCUT2D eigenvalue weighted by atomic mass is 16.5. The Morgan fingerprint density at radius 1 is 1.00 bits per heavy atom. The second-order valence-electron chi connectivity index (χ2n) is 7.41. The molecular weight excluding hydrogens is 366 g/mol. The number of rotatable bonds is 7. The molecule has 0 spiro atoms. The number of hydrogen-bond donors (Lipinski definition) is 2. The largest absolute Gasteiger partial charge is 0.467 e. The minimum atomic E-state index is -0.720. The molecule has 0 aliphatic heterocycles. The van der Waals surface area contributed by atoms with Crippen molar-refractivity contribution in [1.29, 1.82) is 0 Å². The normalized spacial score (nSPS) is 13.1. The number of benzene rings is 2. The monoisotopic (exact) mass is 393 g/mol. The van der Waals surface area contributed by atoms with Gasteiger partial charge < -0.3 is 19.9 Å². The number of nitrogens with zero attached hydrogens (tertiary/aromatic N) is 1. The number of anilines is 1. The van der Waals surface area contributed by atoms with E-state index in [4.69, 9.17) is 4.74 Å². The van der Waals surface area contributed by atoms with Gasteiger partial charge in [0.05, 0.1) is 7.11 Å². The maximum Gasteiger partial charge on any atom is 0.328 e. The molecule has 2 atom stereocenters. The molecule has 0 saturated heterocycles. The van der Waals surface area contributed by atoms with Crippen molar-refractivity contribution in [3.8, 4) is 0 Å². The predicted molar refractivity (Wildman–Crippen MR) is 115 cm³/mol. The highest BCUT2D eigenvalue weighted by Gasteiger charge is 2.30. The molecule has 0 bridgehead atoms. The summed E-state index contributed by atoms with van der Waals surface area (Å²) in [5, 5.41) is 7.18. The molecule has 152 valence electrons. The number of ether oxygens (including phenoxy) is 1. The maximum atomic E-state index is 13.3. The van der Waals surface area contributed by atoms with Gasteiger partial charge in [-0.25, -0.2) is 4.79 Å². The maximum absolute atomic E-state index is 13.3. The Morgan fingerprint density at radius 3 is 2.31 bits per heavy atom. The van der Waals surface area contributed by atoms with Crippen molar-refractivity contribution >= 4 is 28.5 Å². The van der Waals surface area contributed by atoms with Crippen molar-refractivity contribution in [2.24, 2.45) is 13.0 Å². The molecule has 3 aromatic rings. The van der Waals surface area contributed by atoms with Gasteiger partial charge in [-0.2, -0.15) is 0 Å². The van der Waals surface area contributed by atoms with Crippen molar-refractivity contribution in [3.63, 3.8) is 0 Å². The first-order chi connectivity index (χ1) is 13.9. The van der Waals surface area contributed by atoms with E-state index in [1.54, 1.807) is 0 Å². The number of aromatic nitrogens is 1. The summed E-state index contributed by atoms with van der Waals surface area (Å²) < 4.78 is 6.87. The van der Waals surface area contributed by atoms with Crippen LogP contribution in [-0.4, -0.2) is 29.6 Å². The van der Waals surface area contributed by atoms with Crippen LogP contribution in [0.15, 0.2) is 60.8 Å². The average molecular weight is 393 g/mol. The van der Waals surface area contributed by atoms with E-state index in [0.29, 0.717) is 0 Å². The topological polar surface area (TPSA) is 72.4 Å². The van der Waals surface area contributed by atoms with Gasteiger partial charge in [-0.15, -0.1) is 0 Å². The Hall–Kier alpha value is -3.28. The number of esters is 1. The molecule has 6 nitrogen and oxygen atoms in total. The van der Waals surface area contributed by atoms with Gasteiger partial charge >= 0.3 is 5.97 Å². The second-order valence-corrected chi connectivity index (χ2v) is 7.41. The number of methoxy groups -OCH3 is 1. The van der Waals surface area contributed by atoms with Crippen LogP contribution in [0, 0.1) is 5.92 Å². The van der Waals surface area contributed by atoms with Crippen LogP contribution in [0.1, 0.15) is 25.5 Å². The van der Waals surface area contributed by atoms with Gasteiger partial charge in [-0.3, -0.25) is 4.79 Å². The first kappa shape index (κ1) is 20.5. The molecule has 0 aliphatic rings. The van der Waals surface area contributed by atoms with Gasteiger partial charge in [0.1, 0.15) is 12.1 Å². The van der Waals surface area contributed by atoms with E-state index in [-0.39, 0.29) is 11.8 Å². The predicted octanol–water partition coefficient (Wildman–Crippen LogP) is 3.65. The van der Waals surface area contributed by atoms with Crippen molar-refractivity contribution in [2.75, 3.05) is 12.4 Å². The molecule has 3 rings (SSSR count). The molecule has 2 aromatic carbocycles. The van der Waals surface area contributed by atoms with E-state index in [0.717, 1.165) is 22.2 Å². The SMILES string of the molecule is COC(=O)[C@@H](NC(=O)[C@H](Nc1ccccc1)c1cn(C)c2ccccc12)C(C)C. The van der Waals surface area contributed by atoms with Gasteiger partial charge in [0, 0.05) is 35.4 Å². The summed E-state index contributed by atoms with van der Waals surface area (Å²) in [5.74, 6) is -0.838. The summed E-state index contributed by atoms with van der Waals surface area (Å²) in [7, 11) is 3.28. The third-order valence-corrected chi connectivity index (χ3v) is 5.01. The van der Waals surface area contributed by atoms with Crippen LogP contribution in [0.2, 0.25) is 0 Å². The van der Waals surface area contributed by atoms with Crippen LogP contribution >= 0.6 is 0 Å². The van der Waals surface area contributed by atoms with Gasteiger partial charge in [0.2, 0.25) is 5.91 Å². The summed E-state index contributed by atoms with van der Waals surface area (Å²) >= 11 is 0. The van der Waals surface area contributed by atoms with E-state index >= 15 is 0 Å². The number of amides is 1. The first-order valence-electron chi connectivity index (χ1n) is 9.66. The van der Waals surface area contributed by atoms with E-state index < -0.39 is 18.1 Å². The van der Waals surface area contributed by atoms with E-state index in [9.17, 15) is 9.59 Å². The van der Waals surface area contributed by atoms with E-state index in [2.05, 4.69) is 10.6 Å². The summed E-state index contributed by atoms with van der Waals surface area (Å²) in [6, 6.07) is 16.1. The van der Waals surface area contributed by atoms with Gasteiger partial charge in [-0.1, -0.05) is 50.2 Å². The minimum absolute atomic E-state index is 0.101. The quantitative estimate of drug-likeness (QED) is 0.601. The molecular formula is C23H27N3O3. The van der Waals surface area contributed by atoms with Crippen molar-refractivity contribution in [1.82, 2.24) is 9.88 Å². The number of carbonyl (C=O) groups is 2. The number of aryl methyl sites for hydroxylation is 1. The standard InChI is InChI=1S/C23H27N3O3/c1-15(2)20(23(28)29-4)25-22(27)21(24-16-10-6-5-7-11-16)18-14-26(3)19-13-9-8-12-17(18)19/h5-15,20-21,24H,1-4H3,(H,25,27)/t20-,21+/m0/s1. The lowest BCUT2D eigenvalue weighted by Crippen LogP contribution is -2.47. The summed E-state index contributed by atoms with van der Waals surface area (Å²) in [4.78, 5) is 25.5. The van der Waals surface area contributed by atoms with Crippen molar-refractivity contribution < 1.29 is 14.3 Å². The minimum Gasteiger partial charge on any atom is -0.467 e. The average Bonchev–Trinajstić information content (AvgIpc) is 3.06.